The number of carbonyl (C=O) groups excluding carboxylic acids is 1. The Bertz CT molecular complexity index is 477. The van der Waals surface area contributed by atoms with Crippen LogP contribution >= 0.6 is 23.2 Å². The second-order valence-electron chi connectivity index (χ2n) is 3.63. The standard InChI is InChI=1S/C12H16Cl2N4O/c1-15-12(16-2)18-6-5-17-11(19)8-3-4-9(13)10(14)7-8/h3-4,7H,5-6H2,1-2H3,(H,17,19)(H2,15,16,18). The molecule has 1 aromatic carbocycles. The number of aliphatic imine (C=N–C) groups is 1. The van der Waals surface area contributed by atoms with E-state index in [4.69, 9.17) is 23.2 Å². The van der Waals surface area contributed by atoms with Crippen molar-refractivity contribution in [3.63, 3.8) is 0 Å². The summed E-state index contributed by atoms with van der Waals surface area (Å²) in [7, 11) is 3.44. The van der Waals surface area contributed by atoms with Crippen molar-refractivity contribution in [1.82, 2.24) is 16.0 Å². The van der Waals surface area contributed by atoms with Gasteiger partial charge in [-0.05, 0) is 18.2 Å². The van der Waals surface area contributed by atoms with E-state index in [0.29, 0.717) is 34.7 Å². The summed E-state index contributed by atoms with van der Waals surface area (Å²) in [5, 5.41) is 9.46. The van der Waals surface area contributed by atoms with Crippen LogP contribution in [0.4, 0.5) is 0 Å². The molecule has 0 bridgehead atoms. The van der Waals surface area contributed by atoms with Gasteiger partial charge in [0.2, 0.25) is 0 Å². The molecule has 104 valence electrons. The number of nitrogens with one attached hydrogen (secondary N) is 3. The molecule has 1 aromatic rings. The van der Waals surface area contributed by atoms with Gasteiger partial charge in [0.15, 0.2) is 5.96 Å². The molecule has 0 aliphatic rings. The van der Waals surface area contributed by atoms with Gasteiger partial charge in [-0.1, -0.05) is 23.2 Å². The fourth-order valence-electron chi connectivity index (χ4n) is 1.38. The molecule has 7 heteroatoms. The summed E-state index contributed by atoms with van der Waals surface area (Å²) in [5.74, 6) is 0.476. The van der Waals surface area contributed by atoms with Crippen molar-refractivity contribution in [2.75, 3.05) is 27.2 Å². The number of halogens is 2. The number of hydrogen-bond donors (Lipinski definition) is 3. The van der Waals surface area contributed by atoms with Crippen molar-refractivity contribution >= 4 is 35.1 Å². The lowest BCUT2D eigenvalue weighted by Crippen LogP contribution is -2.39. The highest BCUT2D eigenvalue weighted by atomic mass is 35.5. The molecule has 0 spiro atoms. The van der Waals surface area contributed by atoms with Crippen LogP contribution in [-0.4, -0.2) is 39.1 Å². The summed E-state index contributed by atoms with van der Waals surface area (Å²) in [6.45, 7) is 1.04. The van der Waals surface area contributed by atoms with E-state index in [-0.39, 0.29) is 5.91 Å². The SMILES string of the molecule is CN=C(NC)NCCNC(=O)c1ccc(Cl)c(Cl)c1. The van der Waals surface area contributed by atoms with E-state index in [1.807, 2.05) is 0 Å². The summed E-state index contributed by atoms with van der Waals surface area (Å²) in [6.07, 6.45) is 0. The molecule has 0 unspecified atom stereocenters. The lowest BCUT2D eigenvalue weighted by atomic mass is 10.2. The molecule has 0 saturated heterocycles. The van der Waals surface area contributed by atoms with Crippen LogP contribution in [0.3, 0.4) is 0 Å². The molecular weight excluding hydrogens is 287 g/mol. The third-order valence-electron chi connectivity index (χ3n) is 2.35. The van der Waals surface area contributed by atoms with Crippen LogP contribution in [0.25, 0.3) is 0 Å². The van der Waals surface area contributed by atoms with Crippen LogP contribution in [0.1, 0.15) is 10.4 Å². The quantitative estimate of drug-likeness (QED) is 0.449. The number of guanidine groups is 1. The highest BCUT2D eigenvalue weighted by Gasteiger charge is 2.07. The Morgan fingerprint density at radius 2 is 1.89 bits per heavy atom. The molecule has 0 saturated carbocycles. The van der Waals surface area contributed by atoms with Gasteiger partial charge in [-0.15, -0.1) is 0 Å². The molecule has 0 atom stereocenters. The average Bonchev–Trinajstić information content (AvgIpc) is 2.42. The van der Waals surface area contributed by atoms with Gasteiger partial charge >= 0.3 is 0 Å². The molecule has 0 aliphatic heterocycles. The fraction of sp³-hybridized carbons (Fsp3) is 0.333. The number of nitrogens with zero attached hydrogens (tertiary/aromatic N) is 1. The Balaban J connectivity index is 2.41. The molecule has 0 heterocycles. The predicted molar refractivity (Wildman–Crippen MR) is 79.2 cm³/mol. The Kier molecular flexibility index (Phi) is 6.45. The first kappa shape index (κ1) is 15.6. The van der Waals surface area contributed by atoms with E-state index in [0.717, 1.165) is 0 Å². The maximum Gasteiger partial charge on any atom is 0.251 e. The van der Waals surface area contributed by atoms with Crippen molar-refractivity contribution < 1.29 is 4.79 Å². The highest BCUT2D eigenvalue weighted by molar-refractivity contribution is 6.42. The van der Waals surface area contributed by atoms with Crippen molar-refractivity contribution in [2.45, 2.75) is 0 Å². The summed E-state index contributed by atoms with van der Waals surface area (Å²) in [4.78, 5) is 15.8. The van der Waals surface area contributed by atoms with Crippen molar-refractivity contribution in [3.8, 4) is 0 Å². The third-order valence-corrected chi connectivity index (χ3v) is 3.08. The van der Waals surface area contributed by atoms with Gasteiger partial charge in [0.1, 0.15) is 0 Å². The summed E-state index contributed by atoms with van der Waals surface area (Å²) >= 11 is 11.6. The van der Waals surface area contributed by atoms with Crippen LogP contribution in [0.2, 0.25) is 10.0 Å². The van der Waals surface area contributed by atoms with E-state index in [2.05, 4.69) is 20.9 Å². The average molecular weight is 303 g/mol. The van der Waals surface area contributed by atoms with Crippen LogP contribution in [0.15, 0.2) is 23.2 Å². The first-order valence-corrected chi connectivity index (χ1v) is 6.45. The van der Waals surface area contributed by atoms with Gasteiger partial charge in [0.25, 0.3) is 5.91 Å². The minimum atomic E-state index is -0.195. The van der Waals surface area contributed by atoms with Crippen LogP contribution in [-0.2, 0) is 0 Å². The zero-order valence-corrected chi connectivity index (χ0v) is 12.3. The van der Waals surface area contributed by atoms with Crippen molar-refractivity contribution in [3.05, 3.63) is 33.8 Å². The molecule has 0 aliphatic carbocycles. The Morgan fingerprint density at radius 3 is 2.47 bits per heavy atom. The van der Waals surface area contributed by atoms with E-state index < -0.39 is 0 Å². The molecule has 3 N–H and O–H groups in total. The number of rotatable bonds is 4. The fourth-order valence-corrected chi connectivity index (χ4v) is 1.67. The smallest absolute Gasteiger partial charge is 0.251 e. The third kappa shape index (κ3) is 4.96. The number of carbonyl (C=O) groups is 1. The Hall–Kier alpha value is -1.46. The summed E-state index contributed by atoms with van der Waals surface area (Å²) in [5.41, 5.74) is 0.479. The second-order valence-corrected chi connectivity index (χ2v) is 4.45. The zero-order valence-electron chi connectivity index (χ0n) is 10.8. The largest absolute Gasteiger partial charge is 0.359 e. The Morgan fingerprint density at radius 1 is 1.21 bits per heavy atom. The molecule has 1 rings (SSSR count). The van der Waals surface area contributed by atoms with Crippen molar-refractivity contribution in [2.24, 2.45) is 4.99 Å². The van der Waals surface area contributed by atoms with Crippen LogP contribution < -0.4 is 16.0 Å². The minimum absolute atomic E-state index is 0.195. The first-order valence-electron chi connectivity index (χ1n) is 5.70. The Labute approximate surface area is 122 Å². The number of amides is 1. The van der Waals surface area contributed by atoms with Crippen molar-refractivity contribution in [1.29, 1.82) is 0 Å². The maximum atomic E-state index is 11.8. The van der Waals surface area contributed by atoms with Gasteiger partial charge < -0.3 is 16.0 Å². The zero-order chi connectivity index (χ0) is 14.3. The monoisotopic (exact) mass is 302 g/mol. The number of benzene rings is 1. The van der Waals surface area contributed by atoms with Gasteiger partial charge in [0, 0.05) is 32.7 Å². The second kappa shape index (κ2) is 7.86. The molecule has 19 heavy (non-hydrogen) atoms. The van der Waals surface area contributed by atoms with Gasteiger partial charge in [0.05, 0.1) is 10.0 Å². The molecule has 0 fully saturated rings. The molecule has 0 radical (unpaired) electrons. The lowest BCUT2D eigenvalue weighted by molar-refractivity contribution is 0.0954. The molecular formula is C12H16Cl2N4O. The molecule has 5 nitrogen and oxygen atoms in total. The molecule has 0 aromatic heterocycles. The summed E-state index contributed by atoms with van der Waals surface area (Å²) in [6, 6.07) is 4.77. The topological polar surface area (TPSA) is 65.5 Å². The minimum Gasteiger partial charge on any atom is -0.359 e. The normalized spacial score (nSPS) is 11.1. The lowest BCUT2D eigenvalue weighted by Gasteiger charge is -2.09. The van der Waals surface area contributed by atoms with E-state index >= 15 is 0 Å². The van der Waals surface area contributed by atoms with E-state index in [9.17, 15) is 4.79 Å². The molecule has 1 amide bonds. The van der Waals surface area contributed by atoms with Gasteiger partial charge in [-0.2, -0.15) is 0 Å². The van der Waals surface area contributed by atoms with E-state index in [1.165, 1.54) is 0 Å². The highest BCUT2D eigenvalue weighted by Crippen LogP contribution is 2.22. The predicted octanol–water partition coefficient (Wildman–Crippen LogP) is 1.52. The first-order chi connectivity index (χ1) is 9.08. The van der Waals surface area contributed by atoms with Crippen LogP contribution in [0, 0.1) is 0 Å². The van der Waals surface area contributed by atoms with Gasteiger partial charge in [-0.25, -0.2) is 0 Å². The maximum absolute atomic E-state index is 11.8. The summed E-state index contributed by atoms with van der Waals surface area (Å²) < 4.78 is 0. The van der Waals surface area contributed by atoms with E-state index in [1.54, 1.807) is 32.3 Å². The van der Waals surface area contributed by atoms with Gasteiger partial charge in [-0.3, -0.25) is 9.79 Å². The number of hydrogen-bond acceptors (Lipinski definition) is 2. The van der Waals surface area contributed by atoms with Crippen LogP contribution in [0.5, 0.6) is 0 Å².